The molecule has 0 heterocycles. The number of ether oxygens (including phenoxy) is 1. The van der Waals surface area contributed by atoms with Crippen LogP contribution in [0.1, 0.15) is 11.1 Å². The Kier molecular flexibility index (Phi) is 3.91. The van der Waals surface area contributed by atoms with Crippen LogP contribution >= 0.6 is 0 Å². The number of nitro groups is 1. The second-order valence-electron chi connectivity index (χ2n) is 3.94. The predicted molar refractivity (Wildman–Crippen MR) is 68.5 cm³/mol. The van der Waals surface area contributed by atoms with Gasteiger partial charge in [-0.05, 0) is 18.2 Å². The van der Waals surface area contributed by atoms with E-state index < -0.39 is 16.4 Å². The minimum Gasteiger partial charge on any atom is -0.489 e. The molecule has 0 saturated heterocycles. The molecule has 0 aliphatic carbocycles. The molecule has 0 fully saturated rings. The van der Waals surface area contributed by atoms with Crippen LogP contribution in [0.4, 0.5) is 10.1 Å². The third kappa shape index (κ3) is 2.90. The van der Waals surface area contributed by atoms with Crippen molar-refractivity contribution in [1.82, 2.24) is 0 Å². The highest BCUT2D eigenvalue weighted by atomic mass is 19.1. The van der Waals surface area contributed by atoms with Crippen LogP contribution in [0.25, 0.3) is 0 Å². The van der Waals surface area contributed by atoms with Gasteiger partial charge in [0.1, 0.15) is 12.4 Å². The molecular weight excluding hydrogens is 263 g/mol. The fourth-order valence-electron chi connectivity index (χ4n) is 1.64. The summed E-state index contributed by atoms with van der Waals surface area (Å²) >= 11 is 0. The van der Waals surface area contributed by atoms with E-state index in [9.17, 15) is 14.5 Å². The standard InChI is InChI=1S/C14H9FN2O3/c15-14-11(4-2-6-13(14)17(18)19)9-20-12-5-1-3-10(7-12)8-16/h1-7H,9H2. The Balaban J connectivity index is 2.17. The molecule has 20 heavy (non-hydrogen) atoms. The largest absolute Gasteiger partial charge is 0.489 e. The van der Waals surface area contributed by atoms with E-state index in [4.69, 9.17) is 10.00 Å². The lowest BCUT2D eigenvalue weighted by Gasteiger charge is -2.07. The monoisotopic (exact) mass is 272 g/mol. The molecule has 0 atom stereocenters. The summed E-state index contributed by atoms with van der Waals surface area (Å²) in [6, 6.07) is 12.2. The maximum Gasteiger partial charge on any atom is 0.305 e. The van der Waals surface area contributed by atoms with Crippen LogP contribution < -0.4 is 4.74 Å². The summed E-state index contributed by atoms with van der Waals surface area (Å²) in [6.45, 7) is -0.150. The topological polar surface area (TPSA) is 76.2 Å². The molecular formula is C14H9FN2O3. The normalized spacial score (nSPS) is 9.80. The average Bonchev–Trinajstić information content (AvgIpc) is 2.46. The molecule has 0 N–H and O–H groups in total. The first-order valence-corrected chi connectivity index (χ1v) is 5.66. The van der Waals surface area contributed by atoms with Gasteiger partial charge in [0.15, 0.2) is 0 Å². The van der Waals surface area contributed by atoms with Gasteiger partial charge in [-0.1, -0.05) is 18.2 Å². The molecule has 0 aromatic heterocycles. The molecule has 0 aliphatic rings. The van der Waals surface area contributed by atoms with E-state index in [1.807, 2.05) is 6.07 Å². The van der Waals surface area contributed by atoms with E-state index in [2.05, 4.69) is 0 Å². The van der Waals surface area contributed by atoms with E-state index in [0.717, 1.165) is 6.07 Å². The maximum atomic E-state index is 13.8. The Labute approximate surface area is 114 Å². The van der Waals surface area contributed by atoms with Crippen molar-refractivity contribution >= 4 is 5.69 Å². The van der Waals surface area contributed by atoms with Crippen LogP contribution in [0.15, 0.2) is 42.5 Å². The number of nitrogens with zero attached hydrogens (tertiary/aromatic N) is 2. The molecule has 6 heteroatoms. The van der Waals surface area contributed by atoms with Crippen molar-refractivity contribution in [2.45, 2.75) is 6.61 Å². The number of nitro benzene ring substituents is 1. The van der Waals surface area contributed by atoms with E-state index in [1.165, 1.54) is 18.2 Å². The molecule has 0 spiro atoms. The number of rotatable bonds is 4. The summed E-state index contributed by atoms with van der Waals surface area (Å²) in [5.74, 6) is -0.510. The first-order valence-electron chi connectivity index (χ1n) is 5.66. The van der Waals surface area contributed by atoms with Gasteiger partial charge >= 0.3 is 5.69 Å². The molecule has 2 aromatic rings. The van der Waals surface area contributed by atoms with Gasteiger partial charge in [-0.2, -0.15) is 9.65 Å². The van der Waals surface area contributed by atoms with E-state index >= 15 is 0 Å². The number of hydrogen-bond donors (Lipinski definition) is 0. The molecule has 0 amide bonds. The zero-order chi connectivity index (χ0) is 14.5. The van der Waals surface area contributed by atoms with Gasteiger partial charge in [0.2, 0.25) is 5.82 Å². The minimum absolute atomic E-state index is 0.0848. The van der Waals surface area contributed by atoms with E-state index in [1.54, 1.807) is 18.2 Å². The van der Waals surface area contributed by atoms with Gasteiger partial charge in [0, 0.05) is 11.6 Å². The summed E-state index contributed by atoms with van der Waals surface area (Å²) in [5.41, 5.74) is -0.0829. The number of nitriles is 1. The number of hydrogen-bond acceptors (Lipinski definition) is 4. The van der Waals surface area contributed by atoms with Crippen molar-refractivity contribution in [3.05, 3.63) is 69.5 Å². The molecule has 0 radical (unpaired) electrons. The molecule has 0 saturated carbocycles. The molecule has 2 rings (SSSR count). The van der Waals surface area contributed by atoms with Gasteiger partial charge in [-0.3, -0.25) is 10.1 Å². The number of benzene rings is 2. The summed E-state index contributed by atoms with van der Waals surface area (Å²) in [5, 5.41) is 19.4. The lowest BCUT2D eigenvalue weighted by Crippen LogP contribution is -2.01. The van der Waals surface area contributed by atoms with Crippen molar-refractivity contribution in [2.24, 2.45) is 0 Å². The van der Waals surface area contributed by atoms with Crippen LogP contribution in [-0.2, 0) is 6.61 Å². The van der Waals surface area contributed by atoms with Crippen LogP contribution in [0.5, 0.6) is 5.75 Å². The second kappa shape index (κ2) is 5.80. The van der Waals surface area contributed by atoms with Crippen molar-refractivity contribution in [1.29, 1.82) is 5.26 Å². The average molecular weight is 272 g/mol. The zero-order valence-corrected chi connectivity index (χ0v) is 10.2. The van der Waals surface area contributed by atoms with E-state index in [-0.39, 0.29) is 12.2 Å². The van der Waals surface area contributed by atoms with Crippen LogP contribution in [-0.4, -0.2) is 4.92 Å². The SMILES string of the molecule is N#Cc1cccc(OCc2cccc([N+](=O)[O-])c2F)c1. The van der Waals surface area contributed by atoms with Crippen molar-refractivity contribution < 1.29 is 14.1 Å². The van der Waals surface area contributed by atoms with Crippen molar-refractivity contribution in [2.75, 3.05) is 0 Å². The van der Waals surface area contributed by atoms with Gasteiger partial charge in [0.25, 0.3) is 0 Å². The Morgan fingerprint density at radius 3 is 2.75 bits per heavy atom. The summed E-state index contributed by atoms with van der Waals surface area (Å²) in [4.78, 5) is 9.84. The summed E-state index contributed by atoms with van der Waals surface area (Å²) in [6.07, 6.45) is 0. The molecule has 2 aromatic carbocycles. The van der Waals surface area contributed by atoms with E-state index in [0.29, 0.717) is 11.3 Å². The molecule has 100 valence electrons. The predicted octanol–water partition coefficient (Wildman–Crippen LogP) is 3.18. The Hall–Kier alpha value is -2.94. The second-order valence-corrected chi connectivity index (χ2v) is 3.94. The minimum atomic E-state index is -0.908. The van der Waals surface area contributed by atoms with Gasteiger partial charge in [0.05, 0.1) is 16.6 Å². The third-order valence-corrected chi connectivity index (χ3v) is 2.61. The maximum absolute atomic E-state index is 13.8. The molecule has 0 bridgehead atoms. The first-order chi connectivity index (χ1) is 9.61. The lowest BCUT2D eigenvalue weighted by molar-refractivity contribution is -0.387. The molecule has 0 aliphatic heterocycles. The fraction of sp³-hybridized carbons (Fsp3) is 0.0714. The Bertz CT molecular complexity index is 695. The Morgan fingerprint density at radius 2 is 2.05 bits per heavy atom. The van der Waals surface area contributed by atoms with Crippen LogP contribution in [0, 0.1) is 27.3 Å². The van der Waals surface area contributed by atoms with Crippen molar-refractivity contribution in [3.8, 4) is 11.8 Å². The van der Waals surface area contributed by atoms with Crippen molar-refractivity contribution in [3.63, 3.8) is 0 Å². The summed E-state index contributed by atoms with van der Waals surface area (Å²) in [7, 11) is 0. The number of halogens is 1. The lowest BCUT2D eigenvalue weighted by atomic mass is 10.2. The molecule has 0 unspecified atom stereocenters. The fourth-order valence-corrected chi connectivity index (χ4v) is 1.64. The Morgan fingerprint density at radius 1 is 1.30 bits per heavy atom. The van der Waals surface area contributed by atoms with Gasteiger partial charge in [-0.25, -0.2) is 0 Å². The quantitative estimate of drug-likeness (QED) is 0.632. The van der Waals surface area contributed by atoms with Crippen LogP contribution in [0.2, 0.25) is 0 Å². The van der Waals surface area contributed by atoms with Gasteiger partial charge in [-0.15, -0.1) is 0 Å². The first kappa shape index (κ1) is 13.5. The highest BCUT2D eigenvalue weighted by molar-refractivity contribution is 5.38. The van der Waals surface area contributed by atoms with Crippen LogP contribution in [0.3, 0.4) is 0 Å². The molecule has 5 nitrogen and oxygen atoms in total. The third-order valence-electron chi connectivity index (χ3n) is 2.61. The smallest absolute Gasteiger partial charge is 0.305 e. The summed E-state index contributed by atoms with van der Waals surface area (Å²) < 4.78 is 19.1. The zero-order valence-electron chi connectivity index (χ0n) is 10.2. The highest BCUT2D eigenvalue weighted by Crippen LogP contribution is 2.22. The highest BCUT2D eigenvalue weighted by Gasteiger charge is 2.17. The van der Waals surface area contributed by atoms with Gasteiger partial charge < -0.3 is 4.74 Å².